The molecule has 0 aliphatic heterocycles. The molecule has 2 nitrogen and oxygen atoms in total. The number of hydrogen-bond donors (Lipinski definition) is 1. The summed E-state index contributed by atoms with van der Waals surface area (Å²) >= 11 is 0. The first-order valence-corrected chi connectivity index (χ1v) is 5.05. The number of carbonyl (C=O) groups excluding carboxylic acids is 1. The second-order valence-electron chi connectivity index (χ2n) is 3.82. The van der Waals surface area contributed by atoms with Crippen LogP contribution in [0.2, 0.25) is 0 Å². The molecule has 0 heterocycles. The molecule has 1 unspecified atom stereocenters. The molecule has 0 aromatic heterocycles. The van der Waals surface area contributed by atoms with Gasteiger partial charge >= 0.3 is 0 Å². The van der Waals surface area contributed by atoms with E-state index in [0.29, 0.717) is 11.1 Å². The van der Waals surface area contributed by atoms with Crippen molar-refractivity contribution in [2.45, 2.75) is 12.2 Å². The van der Waals surface area contributed by atoms with E-state index >= 15 is 0 Å². The van der Waals surface area contributed by atoms with Gasteiger partial charge in [0.2, 0.25) is 0 Å². The van der Waals surface area contributed by atoms with Crippen LogP contribution < -0.4 is 5.73 Å². The molecule has 82 valence electrons. The van der Waals surface area contributed by atoms with Crippen LogP contribution in [0, 0.1) is 0 Å². The summed E-state index contributed by atoms with van der Waals surface area (Å²) in [6, 6.07) is 8.90. The summed E-state index contributed by atoms with van der Waals surface area (Å²) in [5.74, 6) is -1.92. The minimum atomic E-state index is -1.82. The van der Waals surface area contributed by atoms with Crippen LogP contribution >= 0.6 is 0 Å². The molecule has 1 aromatic rings. The number of benzene rings is 1. The largest absolute Gasteiger partial charge is 0.296 e. The van der Waals surface area contributed by atoms with Gasteiger partial charge in [-0.05, 0) is 6.08 Å². The van der Waals surface area contributed by atoms with E-state index < -0.39 is 5.79 Å². The van der Waals surface area contributed by atoms with Gasteiger partial charge in [-0.1, -0.05) is 42.5 Å². The van der Waals surface area contributed by atoms with Gasteiger partial charge < -0.3 is 0 Å². The number of nitrogens with two attached hydrogens (primary N) is 1. The molecule has 0 amide bonds. The van der Waals surface area contributed by atoms with Gasteiger partial charge in [-0.15, -0.1) is 0 Å². The Morgan fingerprint density at radius 3 is 2.56 bits per heavy atom. The quantitative estimate of drug-likeness (QED) is 0.610. The lowest BCUT2D eigenvalue weighted by Crippen LogP contribution is -2.32. The van der Waals surface area contributed by atoms with E-state index in [1.54, 1.807) is 24.3 Å². The van der Waals surface area contributed by atoms with Gasteiger partial charge in [0.15, 0.2) is 11.6 Å². The Balaban J connectivity index is 2.20. The fourth-order valence-electron chi connectivity index (χ4n) is 1.56. The van der Waals surface area contributed by atoms with E-state index in [1.165, 1.54) is 18.2 Å². The van der Waals surface area contributed by atoms with E-state index in [1.807, 2.05) is 6.07 Å². The van der Waals surface area contributed by atoms with E-state index in [4.69, 9.17) is 5.73 Å². The first kappa shape index (κ1) is 10.8. The number of Topliss-reactive ketones (excluding diaryl/α,β-unsaturated/α-hetero) is 1. The summed E-state index contributed by atoms with van der Waals surface area (Å²) in [4.78, 5) is 11.9. The lowest BCUT2D eigenvalue weighted by atomic mass is 9.95. The maximum atomic E-state index is 13.2. The SMILES string of the molecule is NC1(F)C=CC(C(=O)c2ccccc2)=CC1. The third-order valence-corrected chi connectivity index (χ3v) is 2.47. The van der Waals surface area contributed by atoms with Crippen LogP contribution in [0.1, 0.15) is 16.8 Å². The van der Waals surface area contributed by atoms with Crippen LogP contribution in [0.5, 0.6) is 0 Å². The van der Waals surface area contributed by atoms with Crippen LogP contribution in [0.25, 0.3) is 0 Å². The van der Waals surface area contributed by atoms with Gasteiger partial charge in [0, 0.05) is 17.6 Å². The normalized spacial score (nSPS) is 24.0. The van der Waals surface area contributed by atoms with Crippen molar-refractivity contribution in [1.29, 1.82) is 0 Å². The number of hydrogen-bond acceptors (Lipinski definition) is 2. The van der Waals surface area contributed by atoms with Crippen LogP contribution in [-0.2, 0) is 0 Å². The minimum Gasteiger partial charge on any atom is -0.296 e. The number of allylic oxidation sites excluding steroid dienone is 2. The highest BCUT2D eigenvalue weighted by atomic mass is 19.1. The smallest absolute Gasteiger partial charge is 0.192 e. The van der Waals surface area contributed by atoms with Crippen LogP contribution in [0.4, 0.5) is 4.39 Å². The van der Waals surface area contributed by atoms with Crippen molar-refractivity contribution in [2.24, 2.45) is 5.73 Å². The minimum absolute atomic E-state index is 0.0391. The lowest BCUT2D eigenvalue weighted by molar-refractivity contribution is 0.103. The summed E-state index contributed by atoms with van der Waals surface area (Å²) in [6.45, 7) is 0. The molecular formula is C13H12FNO. The highest BCUT2D eigenvalue weighted by Crippen LogP contribution is 2.21. The standard InChI is InChI=1S/C13H12FNO/c14-13(15)8-6-11(7-9-13)12(16)10-4-2-1-3-5-10/h1-8H,9,15H2. The number of carbonyl (C=O) groups is 1. The van der Waals surface area contributed by atoms with Crippen molar-refractivity contribution in [2.75, 3.05) is 0 Å². The fraction of sp³-hybridized carbons (Fsp3) is 0.154. The molecule has 2 N–H and O–H groups in total. The number of alkyl halides is 1. The van der Waals surface area contributed by atoms with E-state index in [9.17, 15) is 9.18 Å². The van der Waals surface area contributed by atoms with E-state index in [-0.39, 0.29) is 12.2 Å². The predicted octanol–water partition coefficient (Wildman–Crippen LogP) is 2.38. The zero-order chi connectivity index (χ0) is 11.6. The highest BCUT2D eigenvalue weighted by Gasteiger charge is 2.23. The zero-order valence-electron chi connectivity index (χ0n) is 8.69. The molecule has 2 rings (SSSR count). The third-order valence-electron chi connectivity index (χ3n) is 2.47. The Kier molecular flexibility index (Phi) is 2.71. The summed E-state index contributed by atoms with van der Waals surface area (Å²) < 4.78 is 13.2. The lowest BCUT2D eigenvalue weighted by Gasteiger charge is -2.18. The number of ketones is 1. The summed E-state index contributed by atoms with van der Waals surface area (Å²) in [5.41, 5.74) is 6.36. The van der Waals surface area contributed by atoms with Gasteiger partial charge in [-0.2, -0.15) is 0 Å². The van der Waals surface area contributed by atoms with Crippen molar-refractivity contribution in [3.63, 3.8) is 0 Å². The van der Waals surface area contributed by atoms with E-state index in [0.717, 1.165) is 0 Å². The molecule has 3 heteroatoms. The average molecular weight is 217 g/mol. The first-order chi connectivity index (χ1) is 7.58. The molecule has 16 heavy (non-hydrogen) atoms. The fourth-order valence-corrected chi connectivity index (χ4v) is 1.56. The number of halogens is 1. The Morgan fingerprint density at radius 1 is 1.31 bits per heavy atom. The molecular weight excluding hydrogens is 205 g/mol. The summed E-state index contributed by atoms with van der Waals surface area (Å²) in [5, 5.41) is 0. The topological polar surface area (TPSA) is 43.1 Å². The molecule has 0 radical (unpaired) electrons. The van der Waals surface area contributed by atoms with Crippen LogP contribution in [-0.4, -0.2) is 11.6 Å². The Morgan fingerprint density at radius 2 is 2.00 bits per heavy atom. The average Bonchev–Trinajstić information content (AvgIpc) is 2.29. The van der Waals surface area contributed by atoms with Crippen LogP contribution in [0.15, 0.2) is 54.1 Å². The molecule has 1 aliphatic rings. The van der Waals surface area contributed by atoms with Crippen molar-refractivity contribution in [3.05, 3.63) is 59.7 Å². The Bertz CT molecular complexity index is 460. The summed E-state index contributed by atoms with van der Waals surface area (Å²) in [7, 11) is 0. The predicted molar refractivity (Wildman–Crippen MR) is 60.6 cm³/mol. The molecule has 0 bridgehead atoms. The van der Waals surface area contributed by atoms with Gasteiger partial charge in [0.1, 0.15) is 0 Å². The Labute approximate surface area is 93.3 Å². The zero-order valence-corrected chi connectivity index (χ0v) is 8.69. The van der Waals surface area contributed by atoms with Crippen molar-refractivity contribution < 1.29 is 9.18 Å². The number of rotatable bonds is 2. The molecule has 0 spiro atoms. The maximum absolute atomic E-state index is 13.2. The molecule has 1 aliphatic carbocycles. The van der Waals surface area contributed by atoms with Crippen LogP contribution in [0.3, 0.4) is 0 Å². The Hall–Kier alpha value is -1.74. The van der Waals surface area contributed by atoms with E-state index in [2.05, 4.69) is 0 Å². The molecule has 0 saturated carbocycles. The van der Waals surface area contributed by atoms with Gasteiger partial charge in [-0.3, -0.25) is 10.5 Å². The van der Waals surface area contributed by atoms with Gasteiger partial charge in [0.25, 0.3) is 0 Å². The molecule has 0 saturated heterocycles. The van der Waals surface area contributed by atoms with Gasteiger partial charge in [0.05, 0.1) is 0 Å². The second-order valence-corrected chi connectivity index (χ2v) is 3.82. The molecule has 1 atom stereocenters. The highest BCUT2D eigenvalue weighted by molar-refractivity contribution is 6.10. The van der Waals surface area contributed by atoms with Gasteiger partial charge in [-0.25, -0.2) is 4.39 Å². The maximum Gasteiger partial charge on any atom is 0.192 e. The summed E-state index contributed by atoms with van der Waals surface area (Å²) in [6.07, 6.45) is 4.24. The molecule has 0 fully saturated rings. The van der Waals surface area contributed by atoms with Crippen molar-refractivity contribution in [3.8, 4) is 0 Å². The van der Waals surface area contributed by atoms with Crippen molar-refractivity contribution in [1.82, 2.24) is 0 Å². The first-order valence-electron chi connectivity index (χ1n) is 5.05. The third kappa shape index (κ3) is 2.25. The second kappa shape index (κ2) is 4.02. The van der Waals surface area contributed by atoms with Crippen molar-refractivity contribution >= 4 is 5.78 Å². The monoisotopic (exact) mass is 217 g/mol. The molecule has 1 aromatic carbocycles.